The summed E-state index contributed by atoms with van der Waals surface area (Å²) < 4.78 is 24.1. The third-order valence-electron chi connectivity index (χ3n) is 3.53. The van der Waals surface area contributed by atoms with Crippen molar-refractivity contribution in [2.45, 2.75) is 6.10 Å². The molecule has 1 amide bonds. The minimum Gasteiger partial charge on any atom is -0.491 e. The molecule has 2 N–H and O–H groups in total. The van der Waals surface area contributed by atoms with Gasteiger partial charge in [-0.15, -0.1) is 0 Å². The van der Waals surface area contributed by atoms with Gasteiger partial charge >= 0.3 is 0 Å². The first kappa shape index (κ1) is 16.7. The number of ether oxygens (including phenoxy) is 1. The molecule has 128 valence electrons. The van der Waals surface area contributed by atoms with E-state index >= 15 is 0 Å². The monoisotopic (exact) mass is 341 g/mol. The summed E-state index contributed by atoms with van der Waals surface area (Å²) in [5.74, 6) is -0.122. The maximum absolute atomic E-state index is 13.6. The van der Waals surface area contributed by atoms with Crippen LogP contribution in [0.1, 0.15) is 22.2 Å². The van der Waals surface area contributed by atoms with Crippen molar-refractivity contribution in [3.8, 4) is 5.75 Å². The van der Waals surface area contributed by atoms with E-state index in [2.05, 4.69) is 5.32 Å². The highest BCUT2D eigenvalue weighted by Gasteiger charge is 2.13. The van der Waals surface area contributed by atoms with Crippen LogP contribution in [-0.4, -0.2) is 17.6 Å². The highest BCUT2D eigenvalue weighted by atomic mass is 19.1. The molecule has 3 rings (SSSR count). The van der Waals surface area contributed by atoms with Crippen LogP contribution in [0.15, 0.2) is 71.3 Å². The van der Waals surface area contributed by atoms with Crippen molar-refractivity contribution in [2.24, 2.45) is 0 Å². The summed E-state index contributed by atoms with van der Waals surface area (Å²) in [6, 6.07) is 15.8. The van der Waals surface area contributed by atoms with E-state index in [4.69, 9.17) is 9.15 Å². The Labute approximate surface area is 143 Å². The van der Waals surface area contributed by atoms with Crippen LogP contribution in [0, 0.1) is 5.82 Å². The van der Waals surface area contributed by atoms with E-state index in [0.717, 1.165) is 0 Å². The number of hydrogen-bond donors (Lipinski definition) is 2. The van der Waals surface area contributed by atoms with Gasteiger partial charge < -0.3 is 19.6 Å². The first-order valence-corrected chi connectivity index (χ1v) is 7.63. The molecule has 0 aliphatic heterocycles. The molecule has 1 aromatic heterocycles. The molecule has 0 aliphatic carbocycles. The number of hydrogen-bond acceptors (Lipinski definition) is 4. The zero-order chi connectivity index (χ0) is 17.6. The summed E-state index contributed by atoms with van der Waals surface area (Å²) in [6.07, 6.45) is 0.353. The lowest BCUT2D eigenvalue weighted by molar-refractivity contribution is 0.0996. The minimum atomic E-state index is -1.07. The Morgan fingerprint density at radius 1 is 1.12 bits per heavy atom. The third-order valence-corrected chi connectivity index (χ3v) is 3.53. The molecule has 1 atom stereocenters. The van der Waals surface area contributed by atoms with Gasteiger partial charge in [0, 0.05) is 11.3 Å². The smallest absolute Gasteiger partial charge is 0.291 e. The number of nitrogens with one attached hydrogen (secondary N) is 1. The lowest BCUT2D eigenvalue weighted by atomic mass is 10.1. The predicted octanol–water partition coefficient (Wildman–Crippen LogP) is 3.78. The largest absolute Gasteiger partial charge is 0.491 e. The molecule has 1 heterocycles. The number of halogens is 1. The molecule has 25 heavy (non-hydrogen) atoms. The van der Waals surface area contributed by atoms with Crippen LogP contribution in [0.25, 0.3) is 0 Å². The summed E-state index contributed by atoms with van der Waals surface area (Å²) in [4.78, 5) is 11.9. The van der Waals surface area contributed by atoms with Gasteiger partial charge in [-0.05, 0) is 42.5 Å². The second-order valence-electron chi connectivity index (χ2n) is 5.30. The SMILES string of the molecule is O=C(Nc1ccc(OC[C@H](O)c2ccccc2F)cc1)c1ccco1. The molecule has 3 aromatic rings. The number of benzene rings is 2. The Hall–Kier alpha value is -3.12. The molecule has 2 aromatic carbocycles. The molecular formula is C19H16FNO4. The van der Waals surface area contributed by atoms with Gasteiger partial charge in [-0.2, -0.15) is 0 Å². The van der Waals surface area contributed by atoms with Gasteiger partial charge in [0.1, 0.15) is 24.3 Å². The van der Waals surface area contributed by atoms with Crippen molar-refractivity contribution in [2.75, 3.05) is 11.9 Å². The molecule has 5 nitrogen and oxygen atoms in total. The van der Waals surface area contributed by atoms with E-state index in [1.54, 1.807) is 48.5 Å². The second-order valence-corrected chi connectivity index (χ2v) is 5.30. The van der Waals surface area contributed by atoms with Crippen LogP contribution < -0.4 is 10.1 Å². The van der Waals surface area contributed by atoms with Crippen molar-refractivity contribution in [3.63, 3.8) is 0 Å². The van der Waals surface area contributed by atoms with Gasteiger partial charge in [0.05, 0.1) is 6.26 Å². The summed E-state index contributed by atoms with van der Waals surface area (Å²) in [6.45, 7) is -0.0843. The fraction of sp³-hybridized carbons (Fsp3) is 0.105. The quantitative estimate of drug-likeness (QED) is 0.716. The Kier molecular flexibility index (Phi) is 5.11. The van der Waals surface area contributed by atoms with Gasteiger partial charge in [0.15, 0.2) is 5.76 Å². The fourth-order valence-corrected chi connectivity index (χ4v) is 2.25. The Bertz CT molecular complexity index is 831. The standard InChI is InChI=1S/C19H16FNO4/c20-16-5-2-1-4-15(16)17(22)12-25-14-9-7-13(8-10-14)21-19(23)18-6-3-11-24-18/h1-11,17,22H,12H2,(H,21,23)/t17-/m0/s1. The molecule has 0 bridgehead atoms. The van der Waals surface area contributed by atoms with Crippen molar-refractivity contribution in [3.05, 3.63) is 84.1 Å². The normalized spacial score (nSPS) is 11.8. The van der Waals surface area contributed by atoms with Crippen molar-refractivity contribution in [1.29, 1.82) is 0 Å². The van der Waals surface area contributed by atoms with E-state index < -0.39 is 11.9 Å². The molecule has 0 saturated carbocycles. The number of anilines is 1. The van der Waals surface area contributed by atoms with Gasteiger partial charge in [-0.3, -0.25) is 4.79 Å². The fourth-order valence-electron chi connectivity index (χ4n) is 2.25. The van der Waals surface area contributed by atoms with Crippen LogP contribution in [0.4, 0.5) is 10.1 Å². The maximum atomic E-state index is 13.6. The average molecular weight is 341 g/mol. The van der Waals surface area contributed by atoms with Crippen LogP contribution in [-0.2, 0) is 0 Å². The zero-order valence-electron chi connectivity index (χ0n) is 13.2. The number of aliphatic hydroxyl groups excluding tert-OH is 1. The van der Waals surface area contributed by atoms with E-state index in [0.29, 0.717) is 11.4 Å². The lowest BCUT2D eigenvalue weighted by Gasteiger charge is -2.13. The zero-order valence-corrected chi connectivity index (χ0v) is 13.2. The van der Waals surface area contributed by atoms with Crippen molar-refractivity contribution >= 4 is 11.6 Å². The van der Waals surface area contributed by atoms with Gasteiger partial charge in [0.2, 0.25) is 0 Å². The van der Waals surface area contributed by atoms with Gasteiger partial charge in [0.25, 0.3) is 5.91 Å². The first-order chi connectivity index (χ1) is 12.1. The molecule has 0 aliphatic rings. The molecule has 6 heteroatoms. The number of rotatable bonds is 6. The molecule has 0 radical (unpaired) electrons. The summed E-state index contributed by atoms with van der Waals surface area (Å²) in [7, 11) is 0. The second kappa shape index (κ2) is 7.63. The lowest BCUT2D eigenvalue weighted by Crippen LogP contribution is -2.12. The molecule has 0 spiro atoms. The number of amides is 1. The number of carbonyl (C=O) groups excluding carboxylic acids is 1. The van der Waals surface area contributed by atoms with E-state index in [-0.39, 0.29) is 23.8 Å². The molecular weight excluding hydrogens is 325 g/mol. The summed E-state index contributed by atoms with van der Waals surface area (Å²) in [5.41, 5.74) is 0.758. The topological polar surface area (TPSA) is 71.7 Å². The molecule has 0 unspecified atom stereocenters. The highest BCUT2D eigenvalue weighted by Crippen LogP contribution is 2.20. The minimum absolute atomic E-state index is 0.0843. The molecule has 0 fully saturated rings. The van der Waals surface area contributed by atoms with Crippen LogP contribution in [0.2, 0.25) is 0 Å². The summed E-state index contributed by atoms with van der Waals surface area (Å²) >= 11 is 0. The van der Waals surface area contributed by atoms with E-state index in [9.17, 15) is 14.3 Å². The Morgan fingerprint density at radius 3 is 2.56 bits per heavy atom. The van der Waals surface area contributed by atoms with Crippen LogP contribution in [0.3, 0.4) is 0 Å². The Balaban J connectivity index is 1.56. The highest BCUT2D eigenvalue weighted by molar-refractivity contribution is 6.02. The first-order valence-electron chi connectivity index (χ1n) is 7.63. The van der Waals surface area contributed by atoms with Crippen molar-refractivity contribution in [1.82, 2.24) is 0 Å². The summed E-state index contributed by atoms with van der Waals surface area (Å²) in [5, 5.41) is 12.7. The maximum Gasteiger partial charge on any atom is 0.291 e. The van der Waals surface area contributed by atoms with Crippen LogP contribution in [0.5, 0.6) is 5.75 Å². The predicted molar refractivity (Wildman–Crippen MR) is 90.0 cm³/mol. The van der Waals surface area contributed by atoms with E-state index in [1.165, 1.54) is 18.4 Å². The number of furan rings is 1. The van der Waals surface area contributed by atoms with E-state index in [1.807, 2.05) is 0 Å². The number of aliphatic hydroxyl groups is 1. The van der Waals surface area contributed by atoms with Gasteiger partial charge in [-0.25, -0.2) is 4.39 Å². The molecule has 0 saturated heterocycles. The number of carbonyl (C=O) groups is 1. The van der Waals surface area contributed by atoms with Crippen LogP contribution >= 0.6 is 0 Å². The van der Waals surface area contributed by atoms with Gasteiger partial charge in [-0.1, -0.05) is 18.2 Å². The average Bonchev–Trinajstić information content (AvgIpc) is 3.16. The van der Waals surface area contributed by atoms with Crippen molar-refractivity contribution < 1.29 is 23.4 Å². The Morgan fingerprint density at radius 2 is 1.88 bits per heavy atom. The third kappa shape index (κ3) is 4.24.